The minimum Gasteiger partial charge on any atom is -0.330 e. The minimum absolute atomic E-state index is 0.225. The smallest absolute Gasteiger partial charge is 0.288 e. The Labute approximate surface area is 171 Å². The summed E-state index contributed by atoms with van der Waals surface area (Å²) in [4.78, 5) is 12.6. The average molecular weight is 395 g/mol. The summed E-state index contributed by atoms with van der Waals surface area (Å²) in [7, 11) is 0. The summed E-state index contributed by atoms with van der Waals surface area (Å²) >= 11 is 0. The van der Waals surface area contributed by atoms with Crippen LogP contribution < -0.4 is 5.56 Å². The van der Waals surface area contributed by atoms with E-state index in [0.29, 0.717) is 24.2 Å². The van der Waals surface area contributed by atoms with E-state index < -0.39 is 0 Å². The summed E-state index contributed by atoms with van der Waals surface area (Å²) < 4.78 is 3.72. The molecule has 30 heavy (non-hydrogen) atoms. The Morgan fingerprint density at radius 2 is 1.90 bits per heavy atom. The molecule has 8 nitrogen and oxygen atoms in total. The molecule has 5 rings (SSSR count). The standard InChI is InChI=1S/C22H17N7O/c1-14-20-18-4-2-3-5-19(18)29(21(20)22(30)26-24-14)13-17-12-28(27-25-17)11-16-8-6-15(10-23)7-9-16/h2-9,12H,11,13H2,1H3,(H,26,30). The topological polar surface area (TPSA) is 105 Å². The van der Waals surface area contributed by atoms with Crippen LogP contribution in [-0.2, 0) is 13.1 Å². The third kappa shape index (κ3) is 2.93. The number of benzene rings is 2. The van der Waals surface area contributed by atoms with Crippen LogP contribution in [0.3, 0.4) is 0 Å². The fourth-order valence-corrected chi connectivity index (χ4v) is 3.84. The highest BCUT2D eigenvalue weighted by Crippen LogP contribution is 2.28. The van der Waals surface area contributed by atoms with Gasteiger partial charge in [0.1, 0.15) is 11.2 Å². The molecule has 1 N–H and O–H groups in total. The van der Waals surface area contributed by atoms with Crippen LogP contribution in [0.2, 0.25) is 0 Å². The first-order valence-corrected chi connectivity index (χ1v) is 9.48. The van der Waals surface area contributed by atoms with Crippen LogP contribution in [0.1, 0.15) is 22.5 Å². The monoisotopic (exact) mass is 395 g/mol. The Kier molecular flexibility index (Phi) is 4.14. The van der Waals surface area contributed by atoms with Gasteiger partial charge in [-0.05, 0) is 30.7 Å². The molecular weight excluding hydrogens is 378 g/mol. The summed E-state index contributed by atoms with van der Waals surface area (Å²) in [5, 5.41) is 26.0. The third-order valence-electron chi connectivity index (χ3n) is 5.21. The molecule has 5 aromatic rings. The largest absolute Gasteiger partial charge is 0.330 e. The number of hydrogen-bond acceptors (Lipinski definition) is 5. The van der Waals surface area contributed by atoms with Crippen LogP contribution in [0.15, 0.2) is 59.5 Å². The quantitative estimate of drug-likeness (QED) is 0.504. The summed E-state index contributed by atoms with van der Waals surface area (Å²) in [5.41, 5.74) is 4.50. The van der Waals surface area contributed by atoms with E-state index in [1.807, 2.05) is 54.1 Å². The zero-order chi connectivity index (χ0) is 20.7. The molecule has 0 aliphatic rings. The molecule has 8 heteroatoms. The summed E-state index contributed by atoms with van der Waals surface area (Å²) in [6.07, 6.45) is 1.88. The first-order valence-electron chi connectivity index (χ1n) is 9.48. The molecule has 2 aromatic carbocycles. The van der Waals surface area contributed by atoms with Gasteiger partial charge in [0, 0.05) is 16.3 Å². The van der Waals surface area contributed by atoms with E-state index in [9.17, 15) is 4.79 Å². The number of nitrogens with one attached hydrogen (secondary N) is 1. The fourth-order valence-electron chi connectivity index (χ4n) is 3.84. The molecule has 0 radical (unpaired) electrons. The molecule has 0 atom stereocenters. The SMILES string of the molecule is Cc1n[nH]c(=O)c2c1c1ccccc1n2Cc1cn(Cc2ccc(C#N)cc2)nn1. The van der Waals surface area contributed by atoms with Crippen molar-refractivity contribution in [3.05, 3.63) is 87.6 Å². The third-order valence-corrected chi connectivity index (χ3v) is 5.21. The van der Waals surface area contributed by atoms with Gasteiger partial charge < -0.3 is 4.57 Å². The van der Waals surface area contributed by atoms with E-state index in [2.05, 4.69) is 26.6 Å². The van der Waals surface area contributed by atoms with Gasteiger partial charge in [-0.15, -0.1) is 5.10 Å². The number of H-pyrrole nitrogens is 1. The zero-order valence-corrected chi connectivity index (χ0v) is 16.2. The predicted molar refractivity (Wildman–Crippen MR) is 112 cm³/mol. The van der Waals surface area contributed by atoms with Crippen molar-refractivity contribution in [3.63, 3.8) is 0 Å². The first-order chi connectivity index (χ1) is 14.6. The zero-order valence-electron chi connectivity index (χ0n) is 16.2. The number of aromatic nitrogens is 6. The van der Waals surface area contributed by atoms with Crippen molar-refractivity contribution in [2.45, 2.75) is 20.0 Å². The molecule has 0 unspecified atom stereocenters. The van der Waals surface area contributed by atoms with Gasteiger partial charge in [-0.25, -0.2) is 9.78 Å². The van der Waals surface area contributed by atoms with Crippen LogP contribution in [0.4, 0.5) is 0 Å². The Hall–Kier alpha value is -4.25. The molecule has 0 amide bonds. The van der Waals surface area contributed by atoms with E-state index in [4.69, 9.17) is 5.26 Å². The summed E-state index contributed by atoms with van der Waals surface area (Å²) in [6, 6.07) is 17.4. The van der Waals surface area contributed by atoms with E-state index in [0.717, 1.165) is 33.2 Å². The Morgan fingerprint density at radius 1 is 1.10 bits per heavy atom. The van der Waals surface area contributed by atoms with Gasteiger partial charge in [0.2, 0.25) is 0 Å². The van der Waals surface area contributed by atoms with Crippen LogP contribution in [0.5, 0.6) is 0 Å². The average Bonchev–Trinajstić information content (AvgIpc) is 3.35. The molecule has 0 fully saturated rings. The lowest BCUT2D eigenvalue weighted by molar-refractivity contribution is 0.649. The van der Waals surface area contributed by atoms with Gasteiger partial charge in [0.05, 0.1) is 36.6 Å². The van der Waals surface area contributed by atoms with Crippen molar-refractivity contribution in [2.75, 3.05) is 0 Å². The van der Waals surface area contributed by atoms with Crippen LogP contribution in [-0.4, -0.2) is 29.8 Å². The highest BCUT2D eigenvalue weighted by molar-refractivity contribution is 6.08. The minimum atomic E-state index is -0.225. The Morgan fingerprint density at radius 3 is 2.70 bits per heavy atom. The molecular formula is C22H17N7O. The van der Waals surface area contributed by atoms with Gasteiger partial charge >= 0.3 is 0 Å². The van der Waals surface area contributed by atoms with Gasteiger partial charge in [-0.1, -0.05) is 35.5 Å². The van der Waals surface area contributed by atoms with E-state index >= 15 is 0 Å². The molecule has 0 bridgehead atoms. The number of para-hydroxylation sites is 1. The van der Waals surface area contributed by atoms with Crippen LogP contribution >= 0.6 is 0 Å². The number of fused-ring (bicyclic) bond motifs is 3. The van der Waals surface area contributed by atoms with Crippen LogP contribution in [0, 0.1) is 18.3 Å². The van der Waals surface area contributed by atoms with Crippen molar-refractivity contribution < 1.29 is 0 Å². The van der Waals surface area contributed by atoms with Crippen molar-refractivity contribution in [2.24, 2.45) is 0 Å². The maximum Gasteiger partial charge on any atom is 0.288 e. The highest BCUT2D eigenvalue weighted by atomic mass is 16.1. The van der Waals surface area contributed by atoms with E-state index in [1.165, 1.54) is 0 Å². The normalized spacial score (nSPS) is 11.2. The molecule has 0 saturated heterocycles. The number of nitriles is 1. The summed E-state index contributed by atoms with van der Waals surface area (Å²) in [5.74, 6) is 0. The Bertz CT molecular complexity index is 1480. The second-order valence-electron chi connectivity index (χ2n) is 7.18. The molecule has 0 saturated carbocycles. The molecule has 3 aromatic heterocycles. The van der Waals surface area contributed by atoms with Crippen molar-refractivity contribution >= 4 is 21.8 Å². The lowest BCUT2D eigenvalue weighted by Gasteiger charge is -2.04. The fraction of sp³-hybridized carbons (Fsp3) is 0.136. The van der Waals surface area contributed by atoms with E-state index in [1.54, 1.807) is 16.8 Å². The number of nitrogens with zero attached hydrogens (tertiary/aromatic N) is 6. The second kappa shape index (κ2) is 6.97. The highest BCUT2D eigenvalue weighted by Gasteiger charge is 2.17. The maximum absolute atomic E-state index is 12.6. The predicted octanol–water partition coefficient (Wildman–Crippen LogP) is 2.75. The first kappa shape index (κ1) is 17.8. The lowest BCUT2D eigenvalue weighted by atomic mass is 10.1. The number of aryl methyl sites for hydroxylation is 1. The van der Waals surface area contributed by atoms with Gasteiger partial charge in [0.25, 0.3) is 5.56 Å². The van der Waals surface area contributed by atoms with Crippen molar-refractivity contribution in [1.82, 2.24) is 29.8 Å². The van der Waals surface area contributed by atoms with Gasteiger partial charge in [-0.2, -0.15) is 10.4 Å². The Balaban J connectivity index is 1.53. The van der Waals surface area contributed by atoms with Gasteiger partial charge in [-0.3, -0.25) is 4.79 Å². The van der Waals surface area contributed by atoms with E-state index in [-0.39, 0.29) is 5.56 Å². The molecule has 0 spiro atoms. The number of hydrogen-bond donors (Lipinski definition) is 1. The number of aromatic amines is 1. The molecule has 0 aliphatic heterocycles. The molecule has 146 valence electrons. The number of rotatable bonds is 4. The maximum atomic E-state index is 12.6. The second-order valence-corrected chi connectivity index (χ2v) is 7.18. The van der Waals surface area contributed by atoms with Crippen molar-refractivity contribution in [1.29, 1.82) is 5.26 Å². The molecule has 0 aliphatic carbocycles. The lowest BCUT2D eigenvalue weighted by Crippen LogP contribution is -2.14. The van der Waals surface area contributed by atoms with Crippen LogP contribution in [0.25, 0.3) is 21.8 Å². The summed E-state index contributed by atoms with van der Waals surface area (Å²) in [6.45, 7) is 2.86. The van der Waals surface area contributed by atoms with Gasteiger partial charge in [0.15, 0.2) is 0 Å². The molecule has 3 heterocycles. The van der Waals surface area contributed by atoms with Crippen molar-refractivity contribution in [3.8, 4) is 6.07 Å².